The quantitative estimate of drug-likeness (QED) is 0.278. The van der Waals surface area contributed by atoms with E-state index < -0.39 is 0 Å². The molecule has 6 heavy (non-hydrogen) atoms. The maximum atomic E-state index is 8.93. The van der Waals surface area contributed by atoms with Crippen molar-refractivity contribution < 1.29 is 22.2 Å². The van der Waals surface area contributed by atoms with Gasteiger partial charge in [-0.3, -0.25) is 0 Å². The number of hydrogen-bond donors (Lipinski definition) is 0. The van der Waals surface area contributed by atoms with Crippen molar-refractivity contribution >= 4 is 23.6 Å². The van der Waals surface area contributed by atoms with E-state index in [4.69, 9.17) is 4.79 Å². The molecule has 0 aromatic heterocycles. The predicted octanol–water partition coefficient (Wildman–Crippen LogP) is -0.101. The van der Waals surface area contributed by atoms with Gasteiger partial charge >= 0.3 is 0 Å². The SMILES string of the molecule is C=C[C-]=O.[Al].[Cr]. The van der Waals surface area contributed by atoms with Gasteiger partial charge in [-0.05, 0) is 6.29 Å². The van der Waals surface area contributed by atoms with Crippen LogP contribution in [0.3, 0.4) is 0 Å². The van der Waals surface area contributed by atoms with Crippen LogP contribution in [-0.4, -0.2) is 23.6 Å². The van der Waals surface area contributed by atoms with E-state index in [0.717, 1.165) is 6.08 Å². The van der Waals surface area contributed by atoms with E-state index >= 15 is 0 Å². The monoisotopic (exact) mass is 134 g/mol. The van der Waals surface area contributed by atoms with Crippen molar-refractivity contribution in [2.75, 3.05) is 0 Å². The fraction of sp³-hybridized carbons (Fsp3) is 0. The van der Waals surface area contributed by atoms with Gasteiger partial charge in [0.25, 0.3) is 0 Å². The second-order valence-corrected chi connectivity index (χ2v) is 0.322. The first-order chi connectivity index (χ1) is 1.91. The van der Waals surface area contributed by atoms with Gasteiger partial charge in [0, 0.05) is 34.7 Å². The maximum absolute atomic E-state index is 8.93. The standard InChI is InChI=1S/C3H3O.Al.Cr/c1-2-3-4;;/h2H,1H2;;/q-1;;. The van der Waals surface area contributed by atoms with E-state index in [1.807, 2.05) is 0 Å². The third-order valence-electron chi connectivity index (χ3n) is 0.0833. The Bertz CT molecular complexity index is 31.8. The molecule has 0 atom stereocenters. The van der Waals surface area contributed by atoms with Crippen LogP contribution >= 0.6 is 0 Å². The summed E-state index contributed by atoms with van der Waals surface area (Å²) in [6.45, 7) is 3.06. The Hall–Kier alpha value is 0.475. The molecule has 0 saturated heterocycles. The van der Waals surface area contributed by atoms with E-state index in [1.165, 1.54) is 6.29 Å². The number of allylic oxidation sites excluding steroid dienone is 1. The van der Waals surface area contributed by atoms with Gasteiger partial charge in [0.1, 0.15) is 0 Å². The first kappa shape index (κ1) is 16.1. The van der Waals surface area contributed by atoms with Gasteiger partial charge in [0.05, 0.1) is 0 Å². The summed E-state index contributed by atoms with van der Waals surface area (Å²) >= 11 is 0. The molecule has 0 spiro atoms. The first-order valence-corrected chi connectivity index (χ1v) is 0.901. The number of carbonyl (C=O) groups excluding carboxylic acids is 1. The van der Waals surface area contributed by atoms with E-state index in [9.17, 15) is 0 Å². The Morgan fingerprint density at radius 2 is 1.83 bits per heavy atom. The van der Waals surface area contributed by atoms with Gasteiger partial charge in [-0.2, -0.15) is 0 Å². The van der Waals surface area contributed by atoms with Gasteiger partial charge in [-0.15, -0.1) is 0 Å². The molecule has 0 unspecified atom stereocenters. The van der Waals surface area contributed by atoms with Crippen LogP contribution in [0, 0.1) is 0 Å². The molecule has 0 bridgehead atoms. The minimum atomic E-state index is 0. The van der Waals surface area contributed by atoms with Gasteiger partial charge in [-0.25, -0.2) is 12.7 Å². The summed E-state index contributed by atoms with van der Waals surface area (Å²) in [5, 5.41) is 0. The molecule has 0 heterocycles. The third kappa shape index (κ3) is 24.8. The normalized spacial score (nSPS) is 3.33. The molecule has 0 saturated carbocycles. The Balaban J connectivity index is -0.0000000450. The fourth-order valence-corrected chi connectivity index (χ4v) is 0. The van der Waals surface area contributed by atoms with Gasteiger partial charge in [0.2, 0.25) is 0 Å². The maximum Gasteiger partial charge on any atom is 0 e. The summed E-state index contributed by atoms with van der Waals surface area (Å²) in [6.07, 6.45) is 2.51. The Kier molecular flexibility index (Phi) is 47.9. The van der Waals surface area contributed by atoms with Crippen molar-refractivity contribution in [1.29, 1.82) is 0 Å². The molecule has 0 fully saturated rings. The van der Waals surface area contributed by atoms with Crippen molar-refractivity contribution in [3.05, 3.63) is 12.7 Å². The molecule has 0 aliphatic rings. The van der Waals surface area contributed by atoms with Crippen LogP contribution in [0.15, 0.2) is 12.7 Å². The van der Waals surface area contributed by atoms with Crippen LogP contribution in [0.2, 0.25) is 0 Å². The molecular weight excluding hydrogens is 131 g/mol. The zero-order valence-corrected chi connectivity index (χ0v) is 5.61. The zero-order chi connectivity index (χ0) is 3.41. The molecule has 0 aromatic carbocycles. The van der Waals surface area contributed by atoms with Gasteiger partial charge in [-0.1, -0.05) is 0 Å². The molecule has 3 heteroatoms. The molecule has 0 rings (SSSR count). The summed E-state index contributed by atoms with van der Waals surface area (Å²) < 4.78 is 0. The summed E-state index contributed by atoms with van der Waals surface area (Å²) in [5.41, 5.74) is 0. The summed E-state index contributed by atoms with van der Waals surface area (Å²) in [6, 6.07) is 0. The third-order valence-corrected chi connectivity index (χ3v) is 0.0833. The molecule has 0 N–H and O–H groups in total. The van der Waals surface area contributed by atoms with Crippen LogP contribution in [0.1, 0.15) is 0 Å². The topological polar surface area (TPSA) is 17.1 Å². The van der Waals surface area contributed by atoms with E-state index in [1.54, 1.807) is 0 Å². The molecule has 3 radical (unpaired) electrons. The number of rotatable bonds is 1. The average Bonchev–Trinajstić information content (AvgIpc) is 1.37. The van der Waals surface area contributed by atoms with Crippen LogP contribution in [0.4, 0.5) is 0 Å². The molecular formula is C3H3AlCrO-. The molecule has 0 aromatic rings. The largest absolute Gasteiger partial charge is 0.419 e. The minimum Gasteiger partial charge on any atom is -0.419 e. The van der Waals surface area contributed by atoms with Crippen LogP contribution in [-0.2, 0) is 22.2 Å². The Morgan fingerprint density at radius 3 is 1.83 bits per heavy atom. The van der Waals surface area contributed by atoms with Crippen LogP contribution < -0.4 is 0 Å². The fourth-order valence-electron chi connectivity index (χ4n) is 0. The minimum absolute atomic E-state index is 0. The number of hydrogen-bond acceptors (Lipinski definition) is 1. The van der Waals surface area contributed by atoms with Crippen molar-refractivity contribution in [1.82, 2.24) is 0 Å². The van der Waals surface area contributed by atoms with E-state index in [2.05, 4.69) is 6.58 Å². The Labute approximate surface area is 58.7 Å². The van der Waals surface area contributed by atoms with Gasteiger partial charge in [0.15, 0.2) is 0 Å². The van der Waals surface area contributed by atoms with E-state index in [0.29, 0.717) is 0 Å². The van der Waals surface area contributed by atoms with Crippen molar-refractivity contribution in [3.63, 3.8) is 0 Å². The molecule has 1 nitrogen and oxygen atoms in total. The van der Waals surface area contributed by atoms with Crippen molar-refractivity contribution in [3.8, 4) is 0 Å². The molecule has 31 valence electrons. The van der Waals surface area contributed by atoms with Crippen LogP contribution in [0.5, 0.6) is 0 Å². The van der Waals surface area contributed by atoms with E-state index in [-0.39, 0.29) is 34.7 Å². The summed E-state index contributed by atoms with van der Waals surface area (Å²) in [5.74, 6) is 0. The summed E-state index contributed by atoms with van der Waals surface area (Å²) in [4.78, 5) is 8.93. The van der Waals surface area contributed by atoms with Crippen LogP contribution in [0.25, 0.3) is 0 Å². The molecule has 0 aliphatic heterocycles. The second kappa shape index (κ2) is 17.9. The molecule has 0 amide bonds. The Morgan fingerprint density at radius 1 is 1.67 bits per heavy atom. The van der Waals surface area contributed by atoms with Crippen molar-refractivity contribution in [2.45, 2.75) is 0 Å². The van der Waals surface area contributed by atoms with Crippen molar-refractivity contribution in [2.24, 2.45) is 0 Å². The average molecular weight is 134 g/mol. The predicted molar refractivity (Wildman–Crippen MR) is 21.6 cm³/mol. The van der Waals surface area contributed by atoms with Gasteiger partial charge < -0.3 is 4.79 Å². The smallest absolute Gasteiger partial charge is 0 e. The first-order valence-electron chi connectivity index (χ1n) is 0.901. The zero-order valence-electron chi connectivity index (χ0n) is 3.18. The second-order valence-electron chi connectivity index (χ2n) is 0.322. The molecule has 0 aliphatic carbocycles. The summed E-state index contributed by atoms with van der Waals surface area (Å²) in [7, 11) is 0.